The molecule has 0 aliphatic carbocycles. The maximum Gasteiger partial charge on any atom is 0.230 e. The normalized spacial score (nSPS) is 11.9. The zero-order valence-corrected chi connectivity index (χ0v) is 12.7. The third kappa shape index (κ3) is 4.46. The number of benzene rings is 1. The van der Waals surface area contributed by atoms with E-state index in [2.05, 4.69) is 22.1 Å². The Balaban J connectivity index is 1.85. The molecule has 1 N–H and O–H groups in total. The predicted molar refractivity (Wildman–Crippen MR) is 83.9 cm³/mol. The van der Waals surface area contributed by atoms with Gasteiger partial charge in [-0.3, -0.25) is 4.79 Å². The molecular formula is C15H18N4OS. The molecule has 0 aliphatic rings. The maximum atomic E-state index is 12.0. The smallest absolute Gasteiger partial charge is 0.230 e. The number of nitrogens with one attached hydrogen (secondary N) is 1. The van der Waals surface area contributed by atoms with Crippen molar-refractivity contribution in [3.63, 3.8) is 0 Å². The lowest BCUT2D eigenvalue weighted by atomic mass is 10.1. The number of amides is 1. The summed E-state index contributed by atoms with van der Waals surface area (Å²) >= 11 is 1.37. The van der Waals surface area contributed by atoms with E-state index >= 15 is 0 Å². The van der Waals surface area contributed by atoms with Crippen molar-refractivity contribution in [1.29, 1.82) is 0 Å². The Morgan fingerprint density at radius 2 is 2.24 bits per heavy atom. The van der Waals surface area contributed by atoms with Crippen LogP contribution in [0.15, 0.2) is 54.5 Å². The van der Waals surface area contributed by atoms with E-state index in [4.69, 9.17) is 0 Å². The van der Waals surface area contributed by atoms with Gasteiger partial charge in [0.25, 0.3) is 0 Å². The predicted octanol–water partition coefficient (Wildman–Crippen LogP) is 2.43. The highest BCUT2D eigenvalue weighted by atomic mass is 32.2. The summed E-state index contributed by atoms with van der Waals surface area (Å²) in [4.78, 5) is 12.0. The molecule has 0 radical (unpaired) electrons. The summed E-state index contributed by atoms with van der Waals surface area (Å²) in [5, 5.41) is 11.5. The van der Waals surface area contributed by atoms with E-state index in [-0.39, 0.29) is 11.9 Å². The number of aromatic nitrogens is 3. The van der Waals surface area contributed by atoms with Gasteiger partial charge in [0.15, 0.2) is 5.16 Å². The van der Waals surface area contributed by atoms with Crippen LogP contribution in [0.1, 0.15) is 18.5 Å². The van der Waals surface area contributed by atoms with Gasteiger partial charge in [-0.25, -0.2) is 0 Å². The van der Waals surface area contributed by atoms with Gasteiger partial charge in [-0.1, -0.05) is 48.2 Å². The van der Waals surface area contributed by atoms with Gasteiger partial charge in [0.05, 0.1) is 11.8 Å². The van der Waals surface area contributed by atoms with Crippen LogP contribution in [-0.4, -0.2) is 26.4 Å². The van der Waals surface area contributed by atoms with Crippen LogP contribution < -0.4 is 5.32 Å². The number of nitrogens with zero attached hydrogens (tertiary/aromatic N) is 3. The Labute approximate surface area is 128 Å². The van der Waals surface area contributed by atoms with E-state index in [0.717, 1.165) is 10.7 Å². The summed E-state index contributed by atoms with van der Waals surface area (Å²) in [6.07, 6.45) is 3.40. The monoisotopic (exact) mass is 302 g/mol. The van der Waals surface area contributed by atoms with Gasteiger partial charge in [-0.2, -0.15) is 0 Å². The average Bonchev–Trinajstić information content (AvgIpc) is 2.94. The number of rotatable bonds is 7. The molecule has 0 saturated heterocycles. The lowest BCUT2D eigenvalue weighted by Crippen LogP contribution is -2.28. The number of thioether (sulfide) groups is 1. The quantitative estimate of drug-likeness (QED) is 0.630. The summed E-state index contributed by atoms with van der Waals surface area (Å²) < 4.78 is 1.85. The molecule has 1 aromatic heterocycles. The van der Waals surface area contributed by atoms with Gasteiger partial charge in [0.2, 0.25) is 5.91 Å². The van der Waals surface area contributed by atoms with E-state index < -0.39 is 0 Å². The molecule has 110 valence electrons. The fourth-order valence-corrected chi connectivity index (χ4v) is 2.59. The fraction of sp³-hybridized carbons (Fsp3) is 0.267. The van der Waals surface area contributed by atoms with Crippen LogP contribution >= 0.6 is 11.8 Å². The molecule has 0 spiro atoms. The van der Waals surface area contributed by atoms with Crippen molar-refractivity contribution in [2.75, 3.05) is 5.75 Å². The van der Waals surface area contributed by atoms with Crippen molar-refractivity contribution < 1.29 is 4.79 Å². The number of hydrogen-bond donors (Lipinski definition) is 1. The molecule has 1 aromatic carbocycles. The third-order valence-corrected chi connectivity index (χ3v) is 3.90. The number of allylic oxidation sites excluding steroid dienone is 1. The van der Waals surface area contributed by atoms with Crippen LogP contribution in [0.4, 0.5) is 0 Å². The SMILES string of the molecule is C=CCn1cnnc1SCC(=O)NC(C)c1ccccc1. The standard InChI is InChI=1S/C15H18N4OS/c1-3-9-19-11-16-18-15(19)21-10-14(20)17-12(2)13-7-5-4-6-8-13/h3-8,11-12H,1,9-10H2,2H3,(H,17,20). The Morgan fingerprint density at radius 3 is 2.95 bits per heavy atom. The van der Waals surface area contributed by atoms with Gasteiger partial charge in [-0.15, -0.1) is 16.8 Å². The second-order valence-electron chi connectivity index (χ2n) is 4.54. The second kappa shape index (κ2) is 7.64. The van der Waals surface area contributed by atoms with Crippen molar-refractivity contribution in [3.05, 3.63) is 54.9 Å². The minimum Gasteiger partial charge on any atom is -0.349 e. The Hall–Kier alpha value is -2.08. The van der Waals surface area contributed by atoms with Crippen molar-refractivity contribution in [2.24, 2.45) is 0 Å². The highest BCUT2D eigenvalue weighted by Gasteiger charge is 2.11. The highest BCUT2D eigenvalue weighted by Crippen LogP contribution is 2.16. The van der Waals surface area contributed by atoms with Crippen LogP contribution in [-0.2, 0) is 11.3 Å². The number of carbonyl (C=O) groups is 1. The zero-order valence-electron chi connectivity index (χ0n) is 11.9. The average molecular weight is 302 g/mol. The van der Waals surface area contributed by atoms with Crippen molar-refractivity contribution >= 4 is 17.7 Å². The fourth-order valence-electron chi connectivity index (χ4n) is 1.86. The zero-order chi connectivity index (χ0) is 15.1. The van der Waals surface area contributed by atoms with E-state index in [1.54, 1.807) is 12.4 Å². The van der Waals surface area contributed by atoms with Crippen molar-refractivity contribution in [2.45, 2.75) is 24.7 Å². The molecule has 0 aliphatic heterocycles. The molecule has 2 rings (SSSR count). The third-order valence-electron chi connectivity index (χ3n) is 2.92. The number of hydrogen-bond acceptors (Lipinski definition) is 4. The summed E-state index contributed by atoms with van der Waals surface area (Å²) in [7, 11) is 0. The second-order valence-corrected chi connectivity index (χ2v) is 5.49. The maximum absolute atomic E-state index is 12.0. The first-order valence-electron chi connectivity index (χ1n) is 6.66. The van der Waals surface area contributed by atoms with Crippen LogP contribution in [0.5, 0.6) is 0 Å². The molecular weight excluding hydrogens is 284 g/mol. The van der Waals surface area contributed by atoms with Gasteiger partial charge in [-0.05, 0) is 12.5 Å². The van der Waals surface area contributed by atoms with Crippen molar-refractivity contribution in [3.8, 4) is 0 Å². The Kier molecular flexibility index (Phi) is 5.57. The number of carbonyl (C=O) groups excluding carboxylic acids is 1. The lowest BCUT2D eigenvalue weighted by molar-refractivity contribution is -0.119. The first-order valence-corrected chi connectivity index (χ1v) is 7.65. The van der Waals surface area contributed by atoms with Gasteiger partial charge >= 0.3 is 0 Å². The molecule has 21 heavy (non-hydrogen) atoms. The topological polar surface area (TPSA) is 59.8 Å². The minimum atomic E-state index is -0.0236. The molecule has 1 atom stereocenters. The molecule has 0 fully saturated rings. The minimum absolute atomic E-state index is 0.00894. The van der Waals surface area contributed by atoms with E-state index in [0.29, 0.717) is 12.3 Å². The van der Waals surface area contributed by atoms with E-state index in [1.807, 2.05) is 41.8 Å². The van der Waals surface area contributed by atoms with Gasteiger partial charge < -0.3 is 9.88 Å². The van der Waals surface area contributed by atoms with Gasteiger partial charge in [0, 0.05) is 6.54 Å². The lowest BCUT2D eigenvalue weighted by Gasteiger charge is -2.14. The molecule has 5 nitrogen and oxygen atoms in total. The molecule has 2 aromatic rings. The first-order chi connectivity index (χ1) is 10.2. The van der Waals surface area contributed by atoms with Crippen LogP contribution in [0.25, 0.3) is 0 Å². The summed E-state index contributed by atoms with van der Waals surface area (Å²) in [6, 6.07) is 9.87. The molecule has 1 amide bonds. The first kappa shape index (κ1) is 15.3. The summed E-state index contributed by atoms with van der Waals surface area (Å²) in [6.45, 7) is 6.29. The summed E-state index contributed by atoms with van der Waals surface area (Å²) in [5.74, 6) is 0.289. The van der Waals surface area contributed by atoms with E-state index in [1.165, 1.54) is 11.8 Å². The molecule has 0 bridgehead atoms. The molecule has 1 unspecified atom stereocenters. The largest absolute Gasteiger partial charge is 0.349 e. The Morgan fingerprint density at radius 1 is 1.48 bits per heavy atom. The molecule has 6 heteroatoms. The molecule has 1 heterocycles. The van der Waals surface area contributed by atoms with Crippen molar-refractivity contribution in [1.82, 2.24) is 20.1 Å². The van der Waals surface area contributed by atoms with Crippen LogP contribution in [0, 0.1) is 0 Å². The van der Waals surface area contributed by atoms with Crippen LogP contribution in [0.2, 0.25) is 0 Å². The highest BCUT2D eigenvalue weighted by molar-refractivity contribution is 7.99. The van der Waals surface area contributed by atoms with Gasteiger partial charge in [0.1, 0.15) is 6.33 Å². The summed E-state index contributed by atoms with van der Waals surface area (Å²) in [5.41, 5.74) is 1.09. The van der Waals surface area contributed by atoms with E-state index in [9.17, 15) is 4.79 Å². The van der Waals surface area contributed by atoms with Crippen LogP contribution in [0.3, 0.4) is 0 Å². The molecule has 0 saturated carbocycles. The Bertz CT molecular complexity index is 597.